The fourth-order valence-corrected chi connectivity index (χ4v) is 1.76. The predicted octanol–water partition coefficient (Wildman–Crippen LogP) is 3.52. The molecule has 0 aliphatic rings. The molecule has 0 N–H and O–H groups in total. The van der Waals surface area contributed by atoms with E-state index < -0.39 is 0 Å². The molecule has 0 fully saturated rings. The topological polar surface area (TPSA) is 41.6 Å². The highest BCUT2D eigenvalue weighted by molar-refractivity contribution is 6.29. The van der Waals surface area contributed by atoms with Crippen LogP contribution in [-0.4, -0.2) is 9.78 Å². The van der Waals surface area contributed by atoms with E-state index in [1.165, 1.54) is 0 Å². The molecule has 17 heavy (non-hydrogen) atoms. The number of nitrogens with zero attached hydrogens (tertiary/aromatic N) is 3. The van der Waals surface area contributed by atoms with Gasteiger partial charge in [0.25, 0.3) is 0 Å². The summed E-state index contributed by atoms with van der Waals surface area (Å²) in [4.78, 5) is 0. The van der Waals surface area contributed by atoms with Gasteiger partial charge in [-0.05, 0) is 36.2 Å². The van der Waals surface area contributed by atoms with Gasteiger partial charge in [0.15, 0.2) is 0 Å². The summed E-state index contributed by atoms with van der Waals surface area (Å²) in [5.41, 5.74) is 2.45. The molecular formula is C13H12ClN3. The number of nitriles is 1. The lowest BCUT2D eigenvalue weighted by Gasteiger charge is -2.03. The number of rotatable bonds is 2. The molecule has 0 radical (unpaired) electrons. The Morgan fingerprint density at radius 2 is 1.94 bits per heavy atom. The Balaban J connectivity index is 2.42. The van der Waals surface area contributed by atoms with Crippen LogP contribution in [0.4, 0.5) is 0 Å². The molecule has 0 saturated carbocycles. The number of hydrogen-bond donors (Lipinski definition) is 0. The Morgan fingerprint density at radius 1 is 1.29 bits per heavy atom. The van der Waals surface area contributed by atoms with E-state index in [2.05, 4.69) is 25.0 Å². The molecule has 0 amide bonds. The van der Waals surface area contributed by atoms with Crippen LogP contribution >= 0.6 is 11.6 Å². The molecule has 3 nitrogen and oxygen atoms in total. The minimum absolute atomic E-state index is 0.340. The van der Waals surface area contributed by atoms with Gasteiger partial charge in [-0.1, -0.05) is 25.4 Å². The highest BCUT2D eigenvalue weighted by atomic mass is 35.5. The summed E-state index contributed by atoms with van der Waals surface area (Å²) in [6, 6.07) is 11.1. The summed E-state index contributed by atoms with van der Waals surface area (Å²) < 4.78 is 1.68. The first kappa shape index (κ1) is 11.7. The van der Waals surface area contributed by atoms with Crippen molar-refractivity contribution < 1.29 is 0 Å². The van der Waals surface area contributed by atoms with Crippen LogP contribution in [0.25, 0.3) is 5.69 Å². The maximum atomic E-state index is 8.73. The highest BCUT2D eigenvalue weighted by Crippen LogP contribution is 2.21. The van der Waals surface area contributed by atoms with Gasteiger partial charge in [-0.3, -0.25) is 0 Å². The summed E-state index contributed by atoms with van der Waals surface area (Å²) in [5, 5.41) is 13.8. The average molecular weight is 246 g/mol. The average Bonchev–Trinajstić information content (AvgIpc) is 2.72. The van der Waals surface area contributed by atoms with Crippen LogP contribution in [0.15, 0.2) is 30.3 Å². The lowest BCUT2D eigenvalue weighted by molar-refractivity contribution is 0.768. The van der Waals surface area contributed by atoms with E-state index in [0.717, 1.165) is 11.4 Å². The quantitative estimate of drug-likeness (QED) is 0.812. The first-order chi connectivity index (χ1) is 8.11. The van der Waals surface area contributed by atoms with E-state index in [-0.39, 0.29) is 0 Å². The van der Waals surface area contributed by atoms with Gasteiger partial charge in [0.2, 0.25) is 0 Å². The van der Waals surface area contributed by atoms with Crippen molar-refractivity contribution in [3.63, 3.8) is 0 Å². The molecule has 1 aromatic carbocycles. The van der Waals surface area contributed by atoms with Crippen molar-refractivity contribution in [2.45, 2.75) is 19.8 Å². The molecule has 0 saturated heterocycles. The van der Waals surface area contributed by atoms with Gasteiger partial charge in [-0.2, -0.15) is 10.4 Å². The Bertz CT molecular complexity index is 561. The zero-order chi connectivity index (χ0) is 12.4. The largest absolute Gasteiger partial charge is 0.222 e. The molecule has 2 rings (SSSR count). The van der Waals surface area contributed by atoms with Gasteiger partial charge >= 0.3 is 0 Å². The minimum atomic E-state index is 0.340. The van der Waals surface area contributed by atoms with Crippen LogP contribution in [0.5, 0.6) is 0 Å². The lowest BCUT2D eigenvalue weighted by atomic mass is 10.1. The van der Waals surface area contributed by atoms with Crippen molar-refractivity contribution in [1.82, 2.24) is 9.78 Å². The van der Waals surface area contributed by atoms with Crippen molar-refractivity contribution in [3.05, 3.63) is 46.7 Å². The summed E-state index contributed by atoms with van der Waals surface area (Å²) in [5.74, 6) is 0.340. The monoisotopic (exact) mass is 245 g/mol. The number of benzene rings is 1. The number of halogens is 1. The Kier molecular flexibility index (Phi) is 3.16. The molecule has 4 heteroatoms. The zero-order valence-corrected chi connectivity index (χ0v) is 10.4. The van der Waals surface area contributed by atoms with Crippen molar-refractivity contribution in [2.75, 3.05) is 0 Å². The predicted molar refractivity (Wildman–Crippen MR) is 67.4 cm³/mol. The van der Waals surface area contributed by atoms with Crippen molar-refractivity contribution in [3.8, 4) is 11.8 Å². The molecule has 0 bridgehead atoms. The van der Waals surface area contributed by atoms with E-state index in [0.29, 0.717) is 16.6 Å². The fraction of sp³-hybridized carbons (Fsp3) is 0.231. The van der Waals surface area contributed by atoms with Gasteiger partial charge in [0.05, 0.1) is 23.0 Å². The van der Waals surface area contributed by atoms with Crippen molar-refractivity contribution in [2.24, 2.45) is 0 Å². The molecule has 1 heterocycles. The maximum absolute atomic E-state index is 8.73. The Labute approximate surface area is 105 Å². The standard InChI is InChI=1S/C13H12ClN3/c1-9(2)12-7-13(14)17(16-12)11-5-3-10(8-15)4-6-11/h3-7,9H,1-2H3. The Hall–Kier alpha value is -1.79. The molecule has 2 aromatic rings. The van der Waals surface area contributed by atoms with E-state index in [4.69, 9.17) is 16.9 Å². The van der Waals surface area contributed by atoms with E-state index in [1.54, 1.807) is 16.8 Å². The molecule has 0 aliphatic carbocycles. The van der Waals surface area contributed by atoms with Gasteiger partial charge in [-0.25, -0.2) is 4.68 Å². The van der Waals surface area contributed by atoms with Crippen LogP contribution in [0.3, 0.4) is 0 Å². The lowest BCUT2D eigenvalue weighted by Crippen LogP contribution is -1.98. The molecule has 0 aliphatic heterocycles. The smallest absolute Gasteiger partial charge is 0.133 e. The van der Waals surface area contributed by atoms with E-state index in [9.17, 15) is 0 Å². The molecular weight excluding hydrogens is 234 g/mol. The molecule has 1 aromatic heterocycles. The van der Waals surface area contributed by atoms with E-state index in [1.807, 2.05) is 18.2 Å². The number of aromatic nitrogens is 2. The van der Waals surface area contributed by atoms with Gasteiger partial charge < -0.3 is 0 Å². The van der Waals surface area contributed by atoms with Gasteiger partial charge in [0, 0.05) is 0 Å². The Morgan fingerprint density at radius 3 is 2.41 bits per heavy atom. The molecule has 0 atom stereocenters. The van der Waals surface area contributed by atoms with Crippen LogP contribution in [0.2, 0.25) is 5.15 Å². The van der Waals surface area contributed by atoms with Crippen LogP contribution in [0.1, 0.15) is 31.0 Å². The molecule has 86 valence electrons. The SMILES string of the molecule is CC(C)c1cc(Cl)n(-c2ccc(C#N)cc2)n1. The third-order valence-corrected chi connectivity index (χ3v) is 2.79. The van der Waals surface area contributed by atoms with Crippen molar-refractivity contribution >= 4 is 11.6 Å². The highest BCUT2D eigenvalue weighted by Gasteiger charge is 2.10. The second-order valence-electron chi connectivity index (χ2n) is 4.12. The second-order valence-corrected chi connectivity index (χ2v) is 4.50. The maximum Gasteiger partial charge on any atom is 0.133 e. The van der Waals surface area contributed by atoms with Crippen LogP contribution in [-0.2, 0) is 0 Å². The summed E-state index contributed by atoms with van der Waals surface area (Å²) >= 11 is 6.13. The fourth-order valence-electron chi connectivity index (χ4n) is 1.52. The van der Waals surface area contributed by atoms with Crippen molar-refractivity contribution in [1.29, 1.82) is 5.26 Å². The number of hydrogen-bond acceptors (Lipinski definition) is 2. The third-order valence-electron chi connectivity index (χ3n) is 2.52. The first-order valence-electron chi connectivity index (χ1n) is 5.38. The third kappa shape index (κ3) is 2.32. The minimum Gasteiger partial charge on any atom is -0.222 e. The summed E-state index contributed by atoms with van der Waals surface area (Å²) in [7, 11) is 0. The van der Waals surface area contributed by atoms with Crippen LogP contribution in [0, 0.1) is 11.3 Å². The molecule has 0 unspecified atom stereocenters. The first-order valence-corrected chi connectivity index (χ1v) is 5.75. The van der Waals surface area contributed by atoms with Crippen LogP contribution < -0.4 is 0 Å². The van der Waals surface area contributed by atoms with Gasteiger partial charge in [-0.15, -0.1) is 0 Å². The van der Waals surface area contributed by atoms with Gasteiger partial charge in [0.1, 0.15) is 5.15 Å². The normalized spacial score (nSPS) is 10.5. The zero-order valence-electron chi connectivity index (χ0n) is 9.68. The second kappa shape index (κ2) is 4.60. The summed E-state index contributed by atoms with van der Waals surface area (Å²) in [6.07, 6.45) is 0. The summed E-state index contributed by atoms with van der Waals surface area (Å²) in [6.45, 7) is 4.14. The molecule has 0 spiro atoms. The van der Waals surface area contributed by atoms with E-state index >= 15 is 0 Å².